The first-order chi connectivity index (χ1) is 4.97. The number of likely N-dealkylation sites (N-methyl/N-ethyl adjacent to an activating group) is 1. The predicted octanol–water partition coefficient (Wildman–Crippen LogP) is 1.51. The zero-order valence-corrected chi connectivity index (χ0v) is 8.05. The molecule has 0 aromatic heterocycles. The minimum Gasteiger partial charge on any atom is -0.371 e. The molecular formula is C9H19NO. The first-order valence-corrected chi connectivity index (χ1v) is 4.34. The molecule has 0 aromatic carbocycles. The molecule has 1 aliphatic rings. The lowest BCUT2D eigenvalue weighted by Crippen LogP contribution is -2.29. The summed E-state index contributed by atoms with van der Waals surface area (Å²) in [7, 11) is 2.14. The normalized spacial score (nSPS) is 27.8. The third-order valence-electron chi connectivity index (χ3n) is 1.87. The summed E-state index contributed by atoms with van der Waals surface area (Å²) in [5, 5.41) is 0. The van der Waals surface area contributed by atoms with E-state index >= 15 is 0 Å². The fraction of sp³-hybridized carbons (Fsp3) is 1.00. The van der Waals surface area contributed by atoms with Gasteiger partial charge in [-0.1, -0.05) is 0 Å². The Morgan fingerprint density at radius 1 is 1.36 bits per heavy atom. The number of hydrogen-bond acceptors (Lipinski definition) is 2. The van der Waals surface area contributed by atoms with E-state index in [1.54, 1.807) is 0 Å². The van der Waals surface area contributed by atoms with E-state index in [-0.39, 0.29) is 5.60 Å². The summed E-state index contributed by atoms with van der Waals surface area (Å²) >= 11 is 0. The van der Waals surface area contributed by atoms with E-state index in [4.69, 9.17) is 4.74 Å². The fourth-order valence-corrected chi connectivity index (χ4v) is 1.49. The van der Waals surface area contributed by atoms with Crippen LogP contribution in [0.25, 0.3) is 0 Å². The molecule has 0 N–H and O–H groups in total. The molecule has 11 heavy (non-hydrogen) atoms. The number of ether oxygens (including phenoxy) is 1. The maximum absolute atomic E-state index is 5.83. The van der Waals surface area contributed by atoms with Crippen molar-refractivity contribution in [2.75, 3.05) is 20.1 Å². The third kappa shape index (κ3) is 3.21. The number of hydrogen-bond donors (Lipinski definition) is 0. The first kappa shape index (κ1) is 9.01. The van der Waals surface area contributed by atoms with Gasteiger partial charge in [-0.05, 0) is 34.2 Å². The molecule has 0 aromatic rings. The summed E-state index contributed by atoms with van der Waals surface area (Å²) in [6.07, 6.45) is 1.65. The van der Waals surface area contributed by atoms with Crippen LogP contribution in [0.3, 0.4) is 0 Å². The van der Waals surface area contributed by atoms with E-state index in [0.717, 1.165) is 6.54 Å². The predicted molar refractivity (Wildman–Crippen MR) is 46.7 cm³/mol. The molecule has 1 fully saturated rings. The quantitative estimate of drug-likeness (QED) is 0.572. The molecule has 0 aliphatic carbocycles. The van der Waals surface area contributed by atoms with Gasteiger partial charge in [0.1, 0.15) is 0 Å². The van der Waals surface area contributed by atoms with E-state index in [1.807, 2.05) is 0 Å². The van der Waals surface area contributed by atoms with E-state index in [0.29, 0.717) is 6.10 Å². The van der Waals surface area contributed by atoms with Gasteiger partial charge in [0, 0.05) is 13.1 Å². The molecule has 1 atom stereocenters. The lowest BCUT2D eigenvalue weighted by atomic mass is 10.2. The molecule has 2 heteroatoms. The van der Waals surface area contributed by atoms with Gasteiger partial charge in [0.2, 0.25) is 0 Å². The Morgan fingerprint density at radius 2 is 2.00 bits per heavy atom. The number of nitrogens with zero attached hydrogens (tertiary/aromatic N) is 1. The van der Waals surface area contributed by atoms with Crippen LogP contribution in [0.5, 0.6) is 0 Å². The molecule has 0 radical (unpaired) electrons. The topological polar surface area (TPSA) is 12.5 Å². The van der Waals surface area contributed by atoms with Gasteiger partial charge in [0.05, 0.1) is 11.7 Å². The van der Waals surface area contributed by atoms with Crippen molar-refractivity contribution in [1.82, 2.24) is 4.90 Å². The van der Waals surface area contributed by atoms with Gasteiger partial charge in [0.25, 0.3) is 0 Å². The molecule has 1 saturated heterocycles. The van der Waals surface area contributed by atoms with Gasteiger partial charge >= 0.3 is 0 Å². The highest BCUT2D eigenvalue weighted by Gasteiger charge is 2.24. The average molecular weight is 157 g/mol. The molecule has 66 valence electrons. The monoisotopic (exact) mass is 157 g/mol. The van der Waals surface area contributed by atoms with Crippen molar-refractivity contribution in [3.8, 4) is 0 Å². The highest BCUT2D eigenvalue weighted by molar-refractivity contribution is 4.76. The van der Waals surface area contributed by atoms with Crippen molar-refractivity contribution in [3.63, 3.8) is 0 Å². The molecule has 1 aliphatic heterocycles. The fourth-order valence-electron chi connectivity index (χ4n) is 1.49. The maximum Gasteiger partial charge on any atom is 0.0721 e. The van der Waals surface area contributed by atoms with Crippen molar-refractivity contribution >= 4 is 0 Å². The molecule has 0 amide bonds. The molecule has 2 nitrogen and oxygen atoms in total. The maximum atomic E-state index is 5.83. The van der Waals surface area contributed by atoms with Gasteiger partial charge in [0.15, 0.2) is 0 Å². The van der Waals surface area contributed by atoms with Crippen LogP contribution >= 0.6 is 0 Å². The summed E-state index contributed by atoms with van der Waals surface area (Å²) in [6.45, 7) is 8.62. The van der Waals surface area contributed by atoms with Crippen molar-refractivity contribution in [1.29, 1.82) is 0 Å². The van der Waals surface area contributed by atoms with Crippen LogP contribution in [0.4, 0.5) is 0 Å². The van der Waals surface area contributed by atoms with E-state index in [2.05, 4.69) is 32.7 Å². The molecule has 0 bridgehead atoms. The van der Waals surface area contributed by atoms with Crippen molar-refractivity contribution < 1.29 is 4.74 Å². The molecule has 0 unspecified atom stereocenters. The Balaban J connectivity index is 2.29. The van der Waals surface area contributed by atoms with E-state index in [1.165, 1.54) is 13.0 Å². The van der Waals surface area contributed by atoms with Crippen LogP contribution in [0, 0.1) is 0 Å². The first-order valence-electron chi connectivity index (χ1n) is 4.34. The van der Waals surface area contributed by atoms with Crippen LogP contribution in [-0.4, -0.2) is 36.7 Å². The zero-order valence-electron chi connectivity index (χ0n) is 8.05. The minimum absolute atomic E-state index is 0.0237. The third-order valence-corrected chi connectivity index (χ3v) is 1.87. The largest absolute Gasteiger partial charge is 0.371 e. The summed E-state index contributed by atoms with van der Waals surface area (Å²) < 4.78 is 5.83. The van der Waals surface area contributed by atoms with Gasteiger partial charge in [-0.3, -0.25) is 0 Å². The van der Waals surface area contributed by atoms with Crippen LogP contribution in [0.15, 0.2) is 0 Å². The van der Waals surface area contributed by atoms with Gasteiger partial charge < -0.3 is 9.64 Å². The van der Waals surface area contributed by atoms with Gasteiger partial charge in [-0.25, -0.2) is 0 Å². The van der Waals surface area contributed by atoms with Crippen LogP contribution in [-0.2, 0) is 4.74 Å². The van der Waals surface area contributed by atoms with E-state index < -0.39 is 0 Å². The second kappa shape index (κ2) is 3.11. The Bertz CT molecular complexity index is 128. The molecular weight excluding hydrogens is 138 g/mol. The molecule has 1 rings (SSSR count). The molecule has 0 spiro atoms. The molecule has 1 heterocycles. The van der Waals surface area contributed by atoms with Crippen molar-refractivity contribution in [2.24, 2.45) is 0 Å². The number of likely N-dealkylation sites (tertiary alicyclic amines) is 1. The average Bonchev–Trinajstić information content (AvgIpc) is 2.10. The standard InChI is InChI=1S/C9H19NO/c1-9(2,3)11-8-5-6-10(4)7-8/h8H,5-7H2,1-4H3/t8-/m1/s1. The van der Waals surface area contributed by atoms with Crippen LogP contribution < -0.4 is 0 Å². The second-order valence-corrected chi connectivity index (χ2v) is 4.40. The Labute approximate surface area is 69.5 Å². The summed E-state index contributed by atoms with van der Waals surface area (Å²) in [4.78, 5) is 2.32. The zero-order chi connectivity index (χ0) is 8.48. The Hall–Kier alpha value is -0.0800. The lowest BCUT2D eigenvalue weighted by molar-refractivity contribution is -0.0531. The Kier molecular flexibility index (Phi) is 2.55. The van der Waals surface area contributed by atoms with Crippen LogP contribution in [0.2, 0.25) is 0 Å². The van der Waals surface area contributed by atoms with Gasteiger partial charge in [-0.2, -0.15) is 0 Å². The summed E-state index contributed by atoms with van der Waals surface area (Å²) in [6, 6.07) is 0. The summed E-state index contributed by atoms with van der Waals surface area (Å²) in [5.41, 5.74) is 0.0237. The minimum atomic E-state index is 0.0237. The highest BCUT2D eigenvalue weighted by Crippen LogP contribution is 2.17. The SMILES string of the molecule is CN1CC[C@@H](OC(C)(C)C)C1. The summed E-state index contributed by atoms with van der Waals surface area (Å²) in [5.74, 6) is 0. The Morgan fingerprint density at radius 3 is 2.36 bits per heavy atom. The highest BCUT2D eigenvalue weighted by atomic mass is 16.5. The van der Waals surface area contributed by atoms with Crippen LogP contribution in [0.1, 0.15) is 27.2 Å². The van der Waals surface area contributed by atoms with Crippen molar-refractivity contribution in [2.45, 2.75) is 38.9 Å². The number of rotatable bonds is 1. The smallest absolute Gasteiger partial charge is 0.0721 e. The lowest BCUT2D eigenvalue weighted by Gasteiger charge is -2.24. The van der Waals surface area contributed by atoms with E-state index in [9.17, 15) is 0 Å². The van der Waals surface area contributed by atoms with Gasteiger partial charge in [-0.15, -0.1) is 0 Å². The second-order valence-electron chi connectivity index (χ2n) is 4.40. The van der Waals surface area contributed by atoms with Crippen molar-refractivity contribution in [3.05, 3.63) is 0 Å². The molecule has 0 saturated carbocycles.